The molecule has 0 bridgehead atoms. The lowest BCUT2D eigenvalue weighted by Gasteiger charge is -2.26. The van der Waals surface area contributed by atoms with Crippen LogP contribution in [0, 0.1) is 0 Å². The van der Waals surface area contributed by atoms with E-state index in [4.69, 9.17) is 9.47 Å². The molecule has 2 heterocycles. The molecule has 1 aromatic heterocycles. The summed E-state index contributed by atoms with van der Waals surface area (Å²) in [5, 5.41) is 2.75. The molecule has 1 aromatic rings. The minimum absolute atomic E-state index is 0.0980. The van der Waals surface area contributed by atoms with E-state index in [1.165, 1.54) is 12.3 Å². The van der Waals surface area contributed by atoms with Gasteiger partial charge in [0.05, 0.1) is 13.2 Å². The number of pyridine rings is 1. The number of aromatic nitrogens is 1. The Morgan fingerprint density at radius 3 is 2.91 bits per heavy atom. The second-order valence-electron chi connectivity index (χ2n) is 4.94. The van der Waals surface area contributed by atoms with Gasteiger partial charge in [-0.05, 0) is 18.6 Å². The lowest BCUT2D eigenvalue weighted by molar-refractivity contribution is 0.0303. The summed E-state index contributed by atoms with van der Waals surface area (Å²) in [6, 6.07) is 3.16. The van der Waals surface area contributed by atoms with E-state index < -0.39 is 0 Å². The van der Waals surface area contributed by atoms with Crippen LogP contribution in [-0.4, -0.2) is 68.3 Å². The highest BCUT2D eigenvalue weighted by Crippen LogP contribution is 2.08. The number of methoxy groups -OCH3 is 1. The molecule has 1 aliphatic rings. The molecule has 1 aliphatic heterocycles. The summed E-state index contributed by atoms with van der Waals surface area (Å²) in [5.41, 5.74) is 0.718. The number of nitrogens with zero attached hydrogens (tertiary/aromatic N) is 2. The molecule has 0 saturated carbocycles. The smallest absolute Gasteiger partial charge is 0.269 e. The van der Waals surface area contributed by atoms with Gasteiger partial charge in [-0.1, -0.05) is 0 Å². The lowest BCUT2D eigenvalue weighted by Crippen LogP contribution is -2.40. The molecular formula is C15H21N3O4. The van der Waals surface area contributed by atoms with Gasteiger partial charge in [0.25, 0.3) is 11.8 Å². The van der Waals surface area contributed by atoms with E-state index in [1.54, 1.807) is 18.1 Å². The van der Waals surface area contributed by atoms with Gasteiger partial charge in [-0.2, -0.15) is 0 Å². The second-order valence-corrected chi connectivity index (χ2v) is 4.94. The molecule has 7 nitrogen and oxygen atoms in total. The maximum absolute atomic E-state index is 12.4. The Morgan fingerprint density at radius 1 is 1.41 bits per heavy atom. The summed E-state index contributed by atoms with van der Waals surface area (Å²) >= 11 is 0. The third-order valence-corrected chi connectivity index (χ3v) is 3.35. The summed E-state index contributed by atoms with van der Waals surface area (Å²) in [6.07, 6.45) is 2.21. The van der Waals surface area contributed by atoms with Gasteiger partial charge in [0, 0.05) is 45.1 Å². The van der Waals surface area contributed by atoms with Gasteiger partial charge < -0.3 is 19.7 Å². The van der Waals surface area contributed by atoms with Crippen LogP contribution in [0.15, 0.2) is 18.3 Å². The number of carbonyl (C=O) groups is 2. The van der Waals surface area contributed by atoms with Gasteiger partial charge >= 0.3 is 0 Å². The van der Waals surface area contributed by atoms with Crippen molar-refractivity contribution in [1.29, 1.82) is 0 Å². The molecule has 2 amide bonds. The molecule has 1 fully saturated rings. The first kappa shape index (κ1) is 16.4. The number of rotatable bonds is 6. The zero-order valence-corrected chi connectivity index (χ0v) is 12.7. The summed E-state index contributed by atoms with van der Waals surface area (Å²) < 4.78 is 10.2. The minimum atomic E-state index is -0.285. The number of nitrogens with one attached hydrogen (secondary N) is 1. The Hall–Kier alpha value is -1.99. The average Bonchev–Trinajstić information content (AvgIpc) is 2.59. The van der Waals surface area contributed by atoms with Crippen molar-refractivity contribution in [2.45, 2.75) is 6.42 Å². The highest BCUT2D eigenvalue weighted by atomic mass is 16.5. The van der Waals surface area contributed by atoms with Crippen LogP contribution in [0.5, 0.6) is 0 Å². The van der Waals surface area contributed by atoms with Crippen molar-refractivity contribution in [3.05, 3.63) is 29.6 Å². The van der Waals surface area contributed by atoms with Gasteiger partial charge in [0.15, 0.2) is 0 Å². The van der Waals surface area contributed by atoms with Crippen LogP contribution in [0.1, 0.15) is 27.3 Å². The maximum Gasteiger partial charge on any atom is 0.269 e. The van der Waals surface area contributed by atoms with Crippen molar-refractivity contribution in [2.24, 2.45) is 0 Å². The third kappa shape index (κ3) is 4.51. The summed E-state index contributed by atoms with van der Waals surface area (Å²) in [4.78, 5) is 30.1. The molecule has 120 valence electrons. The Bertz CT molecular complexity index is 515. The van der Waals surface area contributed by atoms with Crippen LogP contribution in [0.25, 0.3) is 0 Å². The summed E-state index contributed by atoms with van der Waals surface area (Å²) in [6.45, 7) is 3.33. The van der Waals surface area contributed by atoms with Gasteiger partial charge in [0.1, 0.15) is 5.69 Å². The lowest BCUT2D eigenvalue weighted by atomic mass is 10.2. The Balaban J connectivity index is 1.96. The molecular weight excluding hydrogens is 286 g/mol. The van der Waals surface area contributed by atoms with Gasteiger partial charge in [-0.3, -0.25) is 14.6 Å². The van der Waals surface area contributed by atoms with Crippen LogP contribution in [0.3, 0.4) is 0 Å². The van der Waals surface area contributed by atoms with E-state index in [1.807, 2.05) is 0 Å². The maximum atomic E-state index is 12.4. The highest BCUT2D eigenvalue weighted by molar-refractivity contribution is 5.98. The van der Waals surface area contributed by atoms with Crippen molar-refractivity contribution < 1.29 is 19.1 Å². The number of ether oxygens (including phenoxy) is 2. The van der Waals surface area contributed by atoms with Crippen LogP contribution < -0.4 is 5.32 Å². The predicted molar refractivity (Wildman–Crippen MR) is 79.8 cm³/mol. The van der Waals surface area contributed by atoms with Crippen LogP contribution >= 0.6 is 0 Å². The van der Waals surface area contributed by atoms with E-state index in [9.17, 15) is 9.59 Å². The number of hydrogen-bond donors (Lipinski definition) is 1. The molecule has 0 radical (unpaired) electrons. The largest absolute Gasteiger partial charge is 0.385 e. The molecule has 0 aromatic carbocycles. The van der Waals surface area contributed by atoms with Gasteiger partial charge in [0.2, 0.25) is 0 Å². The minimum Gasteiger partial charge on any atom is -0.385 e. The fraction of sp³-hybridized carbons (Fsp3) is 0.533. The quantitative estimate of drug-likeness (QED) is 0.766. The summed E-state index contributed by atoms with van der Waals surface area (Å²) in [5.74, 6) is -0.383. The molecule has 1 saturated heterocycles. The standard InChI is InChI=1S/C15H21N3O4/c1-21-8-2-4-17-14(19)13-11-12(3-5-16-13)15(20)18-6-9-22-10-7-18/h3,5,11H,2,4,6-10H2,1H3,(H,17,19). The normalized spacial score (nSPS) is 14.7. The Kier molecular flexibility index (Phi) is 6.29. The molecule has 7 heteroatoms. The number of hydrogen-bond acceptors (Lipinski definition) is 5. The van der Waals surface area contributed by atoms with E-state index in [0.29, 0.717) is 45.0 Å². The highest BCUT2D eigenvalue weighted by Gasteiger charge is 2.19. The first-order valence-electron chi connectivity index (χ1n) is 7.32. The fourth-order valence-electron chi connectivity index (χ4n) is 2.15. The molecule has 0 spiro atoms. The monoisotopic (exact) mass is 307 g/mol. The molecule has 22 heavy (non-hydrogen) atoms. The third-order valence-electron chi connectivity index (χ3n) is 3.35. The van der Waals surface area contributed by atoms with Crippen molar-refractivity contribution in [3.8, 4) is 0 Å². The predicted octanol–water partition coefficient (Wildman–Crippen LogP) is 0.320. The van der Waals surface area contributed by atoms with Gasteiger partial charge in [-0.25, -0.2) is 0 Å². The zero-order chi connectivity index (χ0) is 15.8. The SMILES string of the molecule is COCCCNC(=O)c1cc(C(=O)N2CCOCC2)ccn1. The zero-order valence-electron chi connectivity index (χ0n) is 12.7. The number of amides is 2. The Morgan fingerprint density at radius 2 is 2.18 bits per heavy atom. The van der Waals surface area contributed by atoms with Crippen LogP contribution in [0.4, 0.5) is 0 Å². The second kappa shape index (κ2) is 8.45. The van der Waals surface area contributed by atoms with E-state index >= 15 is 0 Å². The van der Waals surface area contributed by atoms with E-state index in [2.05, 4.69) is 10.3 Å². The van der Waals surface area contributed by atoms with Crippen LogP contribution in [0.2, 0.25) is 0 Å². The topological polar surface area (TPSA) is 80.8 Å². The van der Waals surface area contributed by atoms with Crippen molar-refractivity contribution in [1.82, 2.24) is 15.2 Å². The molecule has 0 aliphatic carbocycles. The van der Waals surface area contributed by atoms with E-state index in [-0.39, 0.29) is 17.5 Å². The number of morpholine rings is 1. The first-order valence-corrected chi connectivity index (χ1v) is 7.32. The fourth-order valence-corrected chi connectivity index (χ4v) is 2.15. The van der Waals surface area contributed by atoms with Crippen molar-refractivity contribution in [2.75, 3.05) is 46.6 Å². The van der Waals surface area contributed by atoms with Crippen molar-refractivity contribution >= 4 is 11.8 Å². The molecule has 0 atom stereocenters. The summed E-state index contributed by atoms with van der Waals surface area (Å²) in [7, 11) is 1.62. The first-order chi connectivity index (χ1) is 10.7. The Labute approximate surface area is 129 Å². The van der Waals surface area contributed by atoms with Gasteiger partial charge in [-0.15, -0.1) is 0 Å². The molecule has 2 rings (SSSR count). The molecule has 0 unspecified atom stereocenters. The molecule has 1 N–H and O–H groups in total. The van der Waals surface area contributed by atoms with Crippen LogP contribution in [-0.2, 0) is 9.47 Å². The number of carbonyl (C=O) groups excluding carboxylic acids is 2. The average molecular weight is 307 g/mol. The van der Waals surface area contributed by atoms with Crippen molar-refractivity contribution in [3.63, 3.8) is 0 Å². The van der Waals surface area contributed by atoms with E-state index in [0.717, 1.165) is 6.42 Å².